The van der Waals surface area contributed by atoms with Gasteiger partial charge < -0.3 is 4.57 Å². The molecule has 1 aromatic carbocycles. The Morgan fingerprint density at radius 2 is 2.16 bits per heavy atom. The third-order valence-electron chi connectivity index (χ3n) is 4.54. The van der Waals surface area contributed by atoms with Gasteiger partial charge in [0.2, 0.25) is 0 Å². The first-order valence-corrected chi connectivity index (χ1v) is 7.38. The number of nitrogens with zero attached hydrogens (tertiary/aromatic N) is 2. The maximum absolute atomic E-state index is 13.7. The van der Waals surface area contributed by atoms with Crippen LogP contribution in [0.2, 0.25) is 0 Å². The molecule has 1 fully saturated rings. The SMILES string of the molecule is CCC1(n2c(CCl)nc3cc(F)c(C)cc32)CCC1. The molecular weight excluding hydrogens is 263 g/mol. The van der Waals surface area contributed by atoms with Crippen LogP contribution in [0.4, 0.5) is 4.39 Å². The van der Waals surface area contributed by atoms with Gasteiger partial charge in [-0.2, -0.15) is 0 Å². The Bertz CT molecular complexity index is 623. The molecule has 2 nitrogen and oxygen atoms in total. The number of imidazole rings is 1. The van der Waals surface area contributed by atoms with Crippen molar-refractivity contribution in [3.8, 4) is 0 Å². The van der Waals surface area contributed by atoms with E-state index in [9.17, 15) is 4.39 Å². The first-order chi connectivity index (χ1) is 9.11. The van der Waals surface area contributed by atoms with E-state index in [0.717, 1.165) is 36.1 Å². The molecule has 0 radical (unpaired) electrons. The van der Waals surface area contributed by atoms with Crippen LogP contribution >= 0.6 is 11.6 Å². The second-order valence-electron chi connectivity index (χ2n) is 5.52. The van der Waals surface area contributed by atoms with Crippen molar-refractivity contribution >= 4 is 22.6 Å². The topological polar surface area (TPSA) is 17.8 Å². The Balaban J connectivity index is 2.29. The third kappa shape index (κ3) is 1.78. The number of fused-ring (bicyclic) bond motifs is 1. The minimum Gasteiger partial charge on any atom is -0.321 e. The molecule has 0 N–H and O–H groups in total. The van der Waals surface area contributed by atoms with Crippen molar-refractivity contribution in [2.45, 2.75) is 50.9 Å². The van der Waals surface area contributed by atoms with Crippen molar-refractivity contribution in [3.63, 3.8) is 0 Å². The van der Waals surface area contributed by atoms with Crippen molar-refractivity contribution in [2.24, 2.45) is 0 Å². The average molecular weight is 281 g/mol. The molecule has 1 aliphatic carbocycles. The smallest absolute Gasteiger partial charge is 0.128 e. The van der Waals surface area contributed by atoms with Gasteiger partial charge in [-0.15, -0.1) is 11.6 Å². The fraction of sp³-hybridized carbons (Fsp3) is 0.533. The van der Waals surface area contributed by atoms with Crippen molar-refractivity contribution in [1.82, 2.24) is 9.55 Å². The van der Waals surface area contributed by atoms with Crippen LogP contribution in [0.3, 0.4) is 0 Å². The number of alkyl halides is 1. The second kappa shape index (κ2) is 4.48. The molecule has 0 aliphatic heterocycles. The second-order valence-corrected chi connectivity index (χ2v) is 5.79. The van der Waals surface area contributed by atoms with Crippen LogP contribution in [0.1, 0.15) is 44.0 Å². The van der Waals surface area contributed by atoms with Crippen molar-refractivity contribution in [3.05, 3.63) is 29.3 Å². The number of halogens is 2. The van der Waals surface area contributed by atoms with Crippen LogP contribution in [0, 0.1) is 12.7 Å². The number of hydrogen-bond acceptors (Lipinski definition) is 1. The summed E-state index contributed by atoms with van der Waals surface area (Å²) in [5.41, 5.74) is 2.55. The Labute approximate surface area is 117 Å². The van der Waals surface area contributed by atoms with Crippen LogP contribution in [-0.2, 0) is 11.4 Å². The average Bonchev–Trinajstić information content (AvgIpc) is 2.68. The Hall–Kier alpha value is -1.09. The van der Waals surface area contributed by atoms with Gasteiger partial charge in [0.25, 0.3) is 0 Å². The van der Waals surface area contributed by atoms with Gasteiger partial charge >= 0.3 is 0 Å². The lowest BCUT2D eigenvalue weighted by Crippen LogP contribution is -2.40. The van der Waals surface area contributed by atoms with Gasteiger partial charge in [-0.25, -0.2) is 9.37 Å². The first-order valence-electron chi connectivity index (χ1n) is 6.85. The van der Waals surface area contributed by atoms with E-state index in [1.807, 2.05) is 6.07 Å². The lowest BCUT2D eigenvalue weighted by atomic mass is 9.74. The van der Waals surface area contributed by atoms with E-state index in [2.05, 4.69) is 16.5 Å². The molecule has 4 heteroatoms. The minimum absolute atomic E-state index is 0.142. The Kier molecular flexibility index (Phi) is 3.05. The highest BCUT2D eigenvalue weighted by Crippen LogP contribution is 2.45. The van der Waals surface area contributed by atoms with Crippen molar-refractivity contribution < 1.29 is 4.39 Å². The quantitative estimate of drug-likeness (QED) is 0.756. The number of aromatic nitrogens is 2. The maximum Gasteiger partial charge on any atom is 0.128 e. The summed E-state index contributed by atoms with van der Waals surface area (Å²) in [6.07, 6.45) is 4.64. The summed E-state index contributed by atoms with van der Waals surface area (Å²) in [5, 5.41) is 0. The predicted octanol–water partition coefficient (Wildman–Crippen LogP) is 4.51. The molecule has 1 aromatic heterocycles. The number of aryl methyl sites for hydroxylation is 1. The molecule has 0 unspecified atom stereocenters. The van der Waals surface area contributed by atoms with Crippen LogP contribution in [0.5, 0.6) is 0 Å². The lowest BCUT2D eigenvalue weighted by Gasteiger charge is -2.44. The number of rotatable bonds is 3. The summed E-state index contributed by atoms with van der Waals surface area (Å²) in [6.45, 7) is 4.01. The molecule has 1 heterocycles. The molecule has 0 amide bonds. The van der Waals surface area contributed by atoms with E-state index < -0.39 is 0 Å². The largest absolute Gasteiger partial charge is 0.321 e. The van der Waals surface area contributed by atoms with Gasteiger partial charge in [0.05, 0.1) is 16.9 Å². The molecule has 0 bridgehead atoms. The van der Waals surface area contributed by atoms with E-state index in [1.165, 1.54) is 12.5 Å². The number of benzene rings is 1. The first kappa shape index (κ1) is 12.9. The van der Waals surface area contributed by atoms with Gasteiger partial charge in [0.15, 0.2) is 0 Å². The maximum atomic E-state index is 13.7. The van der Waals surface area contributed by atoms with E-state index in [1.54, 1.807) is 6.92 Å². The monoisotopic (exact) mass is 280 g/mol. The highest BCUT2D eigenvalue weighted by Gasteiger charge is 2.39. The lowest BCUT2D eigenvalue weighted by molar-refractivity contribution is 0.138. The van der Waals surface area contributed by atoms with Crippen LogP contribution in [-0.4, -0.2) is 9.55 Å². The Morgan fingerprint density at radius 1 is 1.42 bits per heavy atom. The molecule has 19 heavy (non-hydrogen) atoms. The van der Waals surface area contributed by atoms with Crippen LogP contribution in [0.25, 0.3) is 11.0 Å². The van der Waals surface area contributed by atoms with Crippen molar-refractivity contribution in [2.75, 3.05) is 0 Å². The summed E-state index contributed by atoms with van der Waals surface area (Å²) in [5.74, 6) is 1.04. The molecule has 1 saturated carbocycles. The van der Waals surface area contributed by atoms with E-state index in [4.69, 9.17) is 11.6 Å². The fourth-order valence-electron chi connectivity index (χ4n) is 3.19. The molecule has 0 atom stereocenters. The van der Waals surface area contributed by atoms with Gasteiger partial charge in [0, 0.05) is 11.6 Å². The van der Waals surface area contributed by atoms with Gasteiger partial charge in [0.1, 0.15) is 11.6 Å². The van der Waals surface area contributed by atoms with Crippen LogP contribution in [0.15, 0.2) is 12.1 Å². The normalized spacial score (nSPS) is 17.7. The molecule has 0 saturated heterocycles. The Morgan fingerprint density at radius 3 is 2.68 bits per heavy atom. The van der Waals surface area contributed by atoms with E-state index >= 15 is 0 Å². The zero-order valence-corrected chi connectivity index (χ0v) is 12.1. The summed E-state index contributed by atoms with van der Waals surface area (Å²) < 4.78 is 16.0. The summed E-state index contributed by atoms with van der Waals surface area (Å²) >= 11 is 6.05. The third-order valence-corrected chi connectivity index (χ3v) is 4.78. The highest BCUT2D eigenvalue weighted by atomic mass is 35.5. The zero-order valence-electron chi connectivity index (χ0n) is 11.3. The zero-order chi connectivity index (χ0) is 13.6. The predicted molar refractivity (Wildman–Crippen MR) is 76.1 cm³/mol. The highest BCUT2D eigenvalue weighted by molar-refractivity contribution is 6.16. The summed E-state index contributed by atoms with van der Waals surface area (Å²) in [6, 6.07) is 3.43. The molecule has 0 spiro atoms. The van der Waals surface area contributed by atoms with E-state index in [0.29, 0.717) is 11.4 Å². The molecular formula is C15H18ClFN2. The number of hydrogen-bond donors (Lipinski definition) is 0. The molecule has 1 aliphatic rings. The van der Waals surface area contributed by atoms with Gasteiger partial charge in [-0.3, -0.25) is 0 Å². The fourth-order valence-corrected chi connectivity index (χ4v) is 3.37. The van der Waals surface area contributed by atoms with Crippen LogP contribution < -0.4 is 0 Å². The molecule has 102 valence electrons. The van der Waals surface area contributed by atoms with E-state index in [-0.39, 0.29) is 11.4 Å². The minimum atomic E-state index is -0.197. The van der Waals surface area contributed by atoms with Crippen molar-refractivity contribution in [1.29, 1.82) is 0 Å². The molecule has 3 rings (SSSR count). The van der Waals surface area contributed by atoms with Gasteiger partial charge in [-0.05, 0) is 44.2 Å². The van der Waals surface area contributed by atoms with Gasteiger partial charge in [-0.1, -0.05) is 6.92 Å². The standard InChI is InChI=1S/C15H18ClFN2/c1-3-15(5-4-6-15)19-13-7-10(2)11(17)8-12(13)18-14(19)9-16/h7-8H,3-6,9H2,1-2H3. The summed E-state index contributed by atoms with van der Waals surface area (Å²) in [4.78, 5) is 4.52. The summed E-state index contributed by atoms with van der Waals surface area (Å²) in [7, 11) is 0. The molecule has 2 aromatic rings.